The molecule has 0 spiro atoms. The van der Waals surface area contributed by atoms with E-state index in [2.05, 4.69) is 0 Å². The molecule has 0 aliphatic rings. The van der Waals surface area contributed by atoms with Gasteiger partial charge in [0.25, 0.3) is 0 Å². The standard InChI is InChI=1S/C14H20O5/c1-2-18-14(17)9-11(15)8-12(16)10-19-13-6-4-3-5-7-13/h3-7,11-12,15-16H,2,8-10H2,1H3/t11-,12+/m0/s1. The predicted octanol–water partition coefficient (Wildman–Crippen LogP) is 1.13. The van der Waals surface area contributed by atoms with E-state index in [1.54, 1.807) is 19.1 Å². The maximum atomic E-state index is 11.1. The molecule has 0 saturated heterocycles. The molecule has 19 heavy (non-hydrogen) atoms. The lowest BCUT2D eigenvalue weighted by Crippen LogP contribution is -2.26. The molecule has 1 rings (SSSR count). The Morgan fingerprint density at radius 2 is 1.89 bits per heavy atom. The van der Waals surface area contributed by atoms with Gasteiger partial charge in [0.2, 0.25) is 0 Å². The first-order valence-corrected chi connectivity index (χ1v) is 6.31. The Morgan fingerprint density at radius 3 is 2.53 bits per heavy atom. The van der Waals surface area contributed by atoms with Crippen LogP contribution in [-0.4, -0.2) is 41.6 Å². The van der Waals surface area contributed by atoms with Crippen molar-refractivity contribution in [2.45, 2.75) is 32.0 Å². The highest BCUT2D eigenvalue weighted by Crippen LogP contribution is 2.10. The van der Waals surface area contributed by atoms with Gasteiger partial charge in [0, 0.05) is 6.42 Å². The van der Waals surface area contributed by atoms with E-state index in [0.29, 0.717) is 5.75 Å². The number of aliphatic hydroxyl groups is 2. The second kappa shape index (κ2) is 8.50. The number of esters is 1. The van der Waals surface area contributed by atoms with Gasteiger partial charge in [-0.25, -0.2) is 0 Å². The van der Waals surface area contributed by atoms with E-state index in [0.717, 1.165) is 0 Å². The summed E-state index contributed by atoms with van der Waals surface area (Å²) in [6.45, 7) is 2.06. The molecule has 0 aliphatic heterocycles. The minimum atomic E-state index is -0.923. The summed E-state index contributed by atoms with van der Waals surface area (Å²) < 4.78 is 10.1. The van der Waals surface area contributed by atoms with E-state index in [4.69, 9.17) is 9.47 Å². The first kappa shape index (κ1) is 15.5. The summed E-state index contributed by atoms with van der Waals surface area (Å²) in [5, 5.41) is 19.3. The summed E-state index contributed by atoms with van der Waals surface area (Å²) in [4.78, 5) is 11.1. The van der Waals surface area contributed by atoms with Crippen LogP contribution in [0.1, 0.15) is 19.8 Å². The fourth-order valence-corrected chi connectivity index (χ4v) is 1.59. The zero-order valence-electron chi connectivity index (χ0n) is 11.0. The van der Waals surface area contributed by atoms with Crippen LogP contribution in [0.25, 0.3) is 0 Å². The van der Waals surface area contributed by atoms with Crippen LogP contribution >= 0.6 is 0 Å². The van der Waals surface area contributed by atoms with E-state index >= 15 is 0 Å². The molecule has 5 heteroatoms. The number of aliphatic hydroxyl groups excluding tert-OH is 2. The van der Waals surface area contributed by atoms with Gasteiger partial charge >= 0.3 is 5.97 Å². The van der Waals surface area contributed by atoms with Gasteiger partial charge in [-0.1, -0.05) is 18.2 Å². The van der Waals surface area contributed by atoms with E-state index in [1.165, 1.54) is 0 Å². The van der Waals surface area contributed by atoms with E-state index in [9.17, 15) is 15.0 Å². The average molecular weight is 268 g/mol. The largest absolute Gasteiger partial charge is 0.491 e. The second-order valence-corrected chi connectivity index (χ2v) is 4.18. The van der Waals surface area contributed by atoms with Gasteiger partial charge in [-0.3, -0.25) is 4.79 Å². The van der Waals surface area contributed by atoms with E-state index < -0.39 is 18.2 Å². The van der Waals surface area contributed by atoms with Gasteiger partial charge in [-0.15, -0.1) is 0 Å². The minimum Gasteiger partial charge on any atom is -0.491 e. The number of hydrogen-bond acceptors (Lipinski definition) is 5. The second-order valence-electron chi connectivity index (χ2n) is 4.18. The molecule has 0 aliphatic carbocycles. The Morgan fingerprint density at radius 1 is 1.21 bits per heavy atom. The number of para-hydroxylation sites is 1. The highest BCUT2D eigenvalue weighted by atomic mass is 16.5. The lowest BCUT2D eigenvalue weighted by molar-refractivity contribution is -0.145. The maximum absolute atomic E-state index is 11.1. The quantitative estimate of drug-likeness (QED) is 0.691. The minimum absolute atomic E-state index is 0.0733. The molecule has 0 heterocycles. The van der Waals surface area contributed by atoms with Gasteiger partial charge < -0.3 is 19.7 Å². The fourth-order valence-electron chi connectivity index (χ4n) is 1.59. The van der Waals surface area contributed by atoms with Crippen molar-refractivity contribution >= 4 is 5.97 Å². The lowest BCUT2D eigenvalue weighted by Gasteiger charge is -2.15. The number of rotatable bonds is 8. The molecule has 106 valence electrons. The molecule has 5 nitrogen and oxygen atoms in total. The van der Waals surface area contributed by atoms with Crippen molar-refractivity contribution in [2.24, 2.45) is 0 Å². The summed E-state index contributed by atoms with van der Waals surface area (Å²) in [5.74, 6) is 0.188. The molecule has 0 radical (unpaired) electrons. The third kappa shape index (κ3) is 6.79. The molecule has 0 aromatic heterocycles. The summed E-state index contributed by atoms with van der Waals surface area (Å²) >= 11 is 0. The number of carbonyl (C=O) groups excluding carboxylic acids is 1. The highest BCUT2D eigenvalue weighted by molar-refractivity contribution is 5.69. The Hall–Kier alpha value is -1.59. The predicted molar refractivity (Wildman–Crippen MR) is 69.8 cm³/mol. The number of ether oxygens (including phenoxy) is 2. The van der Waals surface area contributed by atoms with Crippen molar-refractivity contribution < 1.29 is 24.5 Å². The highest BCUT2D eigenvalue weighted by Gasteiger charge is 2.16. The normalized spacial score (nSPS) is 13.6. The molecule has 1 aromatic carbocycles. The summed E-state index contributed by atoms with van der Waals surface area (Å²) in [5.41, 5.74) is 0. The Kier molecular flexibility index (Phi) is 6.92. The van der Waals surface area contributed by atoms with Crippen molar-refractivity contribution in [3.05, 3.63) is 30.3 Å². The van der Waals surface area contributed by atoms with Gasteiger partial charge in [0.1, 0.15) is 12.4 Å². The van der Waals surface area contributed by atoms with Gasteiger partial charge in [-0.05, 0) is 19.1 Å². The van der Waals surface area contributed by atoms with Crippen molar-refractivity contribution in [3.8, 4) is 5.75 Å². The molecular weight excluding hydrogens is 248 g/mol. The molecule has 0 fully saturated rings. The van der Waals surface area contributed by atoms with Crippen LogP contribution in [-0.2, 0) is 9.53 Å². The molecule has 0 bridgehead atoms. The van der Waals surface area contributed by atoms with Crippen LogP contribution in [0.2, 0.25) is 0 Å². The van der Waals surface area contributed by atoms with Crippen LogP contribution < -0.4 is 4.74 Å². The maximum Gasteiger partial charge on any atom is 0.308 e. The smallest absolute Gasteiger partial charge is 0.308 e. The molecule has 0 unspecified atom stereocenters. The van der Waals surface area contributed by atoms with Crippen molar-refractivity contribution in [1.82, 2.24) is 0 Å². The summed E-state index contributed by atoms with van der Waals surface area (Å²) in [7, 11) is 0. The number of hydrogen-bond donors (Lipinski definition) is 2. The van der Waals surface area contributed by atoms with Crippen LogP contribution in [0.5, 0.6) is 5.75 Å². The monoisotopic (exact) mass is 268 g/mol. The van der Waals surface area contributed by atoms with Gasteiger partial charge in [0.15, 0.2) is 0 Å². The van der Waals surface area contributed by atoms with Gasteiger partial charge in [-0.2, -0.15) is 0 Å². The van der Waals surface area contributed by atoms with E-state index in [1.807, 2.05) is 18.2 Å². The Labute approximate surface area is 112 Å². The number of benzene rings is 1. The Bertz CT molecular complexity index is 365. The molecule has 2 N–H and O–H groups in total. The van der Waals surface area contributed by atoms with E-state index in [-0.39, 0.29) is 26.1 Å². The zero-order valence-corrected chi connectivity index (χ0v) is 11.0. The van der Waals surface area contributed by atoms with Crippen LogP contribution in [0.3, 0.4) is 0 Å². The summed E-state index contributed by atoms with van der Waals surface area (Å²) in [6.07, 6.45) is -1.79. The van der Waals surface area contributed by atoms with Crippen molar-refractivity contribution in [3.63, 3.8) is 0 Å². The van der Waals surface area contributed by atoms with Crippen LogP contribution in [0.4, 0.5) is 0 Å². The molecule has 1 aromatic rings. The number of carbonyl (C=O) groups is 1. The fraction of sp³-hybridized carbons (Fsp3) is 0.500. The van der Waals surface area contributed by atoms with Crippen molar-refractivity contribution in [1.29, 1.82) is 0 Å². The SMILES string of the molecule is CCOC(=O)C[C@@H](O)C[C@@H](O)COc1ccccc1. The summed E-state index contributed by atoms with van der Waals surface area (Å²) in [6, 6.07) is 9.09. The van der Waals surface area contributed by atoms with Gasteiger partial charge in [0.05, 0.1) is 25.2 Å². The Balaban J connectivity index is 2.23. The topological polar surface area (TPSA) is 76.0 Å². The zero-order chi connectivity index (χ0) is 14.1. The average Bonchev–Trinajstić information content (AvgIpc) is 2.37. The molecule has 0 saturated carbocycles. The van der Waals surface area contributed by atoms with Crippen molar-refractivity contribution in [2.75, 3.05) is 13.2 Å². The molecule has 0 amide bonds. The first-order chi connectivity index (χ1) is 9.11. The van der Waals surface area contributed by atoms with Crippen LogP contribution in [0, 0.1) is 0 Å². The lowest BCUT2D eigenvalue weighted by atomic mass is 10.1. The molecular formula is C14H20O5. The first-order valence-electron chi connectivity index (χ1n) is 6.31. The third-order valence-electron chi connectivity index (χ3n) is 2.44. The molecule has 2 atom stereocenters. The van der Waals surface area contributed by atoms with Crippen LogP contribution in [0.15, 0.2) is 30.3 Å². The third-order valence-corrected chi connectivity index (χ3v) is 2.44.